The maximum absolute atomic E-state index is 12.0. The van der Waals surface area contributed by atoms with Crippen molar-refractivity contribution >= 4 is 17.2 Å². The number of hydrogen-bond donors (Lipinski definition) is 1. The molecule has 0 aliphatic heterocycles. The van der Waals surface area contributed by atoms with Crippen LogP contribution in [0.15, 0.2) is 52.5 Å². The summed E-state index contributed by atoms with van der Waals surface area (Å²) in [5, 5.41) is 5.25. The summed E-state index contributed by atoms with van der Waals surface area (Å²) < 4.78 is 10.9. The zero-order chi connectivity index (χ0) is 16.1. The number of rotatable bonds is 6. The molecule has 1 aromatic carbocycles. The Hall–Kier alpha value is -2.60. The lowest BCUT2D eigenvalue weighted by Crippen LogP contribution is -2.22. The first-order chi connectivity index (χ1) is 11.2. The van der Waals surface area contributed by atoms with E-state index in [-0.39, 0.29) is 5.91 Å². The van der Waals surface area contributed by atoms with Crippen LogP contribution in [0.5, 0.6) is 5.75 Å². The second kappa shape index (κ2) is 7.11. The summed E-state index contributed by atoms with van der Waals surface area (Å²) in [5.41, 5.74) is 1.53. The van der Waals surface area contributed by atoms with Crippen LogP contribution >= 0.6 is 11.3 Å². The minimum atomic E-state index is -0.223. The number of nitrogens with one attached hydrogen (secondary N) is 1. The number of benzene rings is 1. The second-order valence-electron chi connectivity index (χ2n) is 4.99. The lowest BCUT2D eigenvalue weighted by molar-refractivity contribution is 0.0943. The summed E-state index contributed by atoms with van der Waals surface area (Å²) in [6.07, 6.45) is 1.57. The highest BCUT2D eigenvalue weighted by molar-refractivity contribution is 7.09. The van der Waals surface area contributed by atoms with Crippen LogP contribution in [-0.2, 0) is 13.2 Å². The maximum Gasteiger partial charge on any atom is 0.271 e. The molecule has 0 aliphatic rings. The zero-order valence-corrected chi connectivity index (χ0v) is 13.4. The monoisotopic (exact) mass is 328 g/mol. The largest absolute Gasteiger partial charge is 0.486 e. The number of hydrogen-bond acceptors (Lipinski definition) is 5. The molecule has 2 heterocycles. The van der Waals surface area contributed by atoms with E-state index in [1.165, 1.54) is 11.3 Å². The fraction of sp³-hybridized carbons (Fsp3) is 0.176. The van der Waals surface area contributed by atoms with Crippen molar-refractivity contribution in [3.63, 3.8) is 0 Å². The van der Waals surface area contributed by atoms with Crippen LogP contribution in [0.1, 0.15) is 26.8 Å². The number of furan rings is 1. The predicted molar refractivity (Wildman–Crippen MR) is 87.5 cm³/mol. The Kier molecular flexibility index (Phi) is 4.73. The van der Waals surface area contributed by atoms with Crippen LogP contribution in [0, 0.1) is 6.92 Å². The van der Waals surface area contributed by atoms with E-state index in [2.05, 4.69) is 10.3 Å². The van der Waals surface area contributed by atoms with Crippen LogP contribution < -0.4 is 10.1 Å². The molecule has 23 heavy (non-hydrogen) atoms. The van der Waals surface area contributed by atoms with Crippen molar-refractivity contribution in [1.82, 2.24) is 10.3 Å². The van der Waals surface area contributed by atoms with Gasteiger partial charge in [0.25, 0.3) is 5.91 Å². The molecule has 3 aromatic rings. The van der Waals surface area contributed by atoms with Gasteiger partial charge < -0.3 is 14.5 Å². The Morgan fingerprint density at radius 2 is 2.26 bits per heavy atom. The van der Waals surface area contributed by atoms with Crippen molar-refractivity contribution in [3.05, 3.63) is 70.1 Å². The van der Waals surface area contributed by atoms with Gasteiger partial charge in [0, 0.05) is 5.38 Å². The fourth-order valence-electron chi connectivity index (χ4n) is 2.00. The Balaban J connectivity index is 1.54. The Labute approximate surface area is 137 Å². The number of aromatic nitrogens is 1. The zero-order valence-electron chi connectivity index (χ0n) is 12.6. The first-order valence-electron chi connectivity index (χ1n) is 7.15. The molecule has 6 heteroatoms. The number of ether oxygens (including phenoxy) is 1. The molecule has 118 valence electrons. The van der Waals surface area contributed by atoms with Gasteiger partial charge in [-0.05, 0) is 36.8 Å². The highest BCUT2D eigenvalue weighted by Gasteiger charge is 2.11. The van der Waals surface area contributed by atoms with Gasteiger partial charge in [-0.2, -0.15) is 0 Å². The van der Waals surface area contributed by atoms with Crippen molar-refractivity contribution in [1.29, 1.82) is 0 Å². The number of amides is 1. The Bertz CT molecular complexity index is 781. The quantitative estimate of drug-likeness (QED) is 0.751. The van der Waals surface area contributed by atoms with Crippen LogP contribution in [0.4, 0.5) is 0 Å². The van der Waals surface area contributed by atoms with Crippen molar-refractivity contribution < 1.29 is 13.9 Å². The molecular formula is C17H16N2O3S. The number of thiazole rings is 1. The number of nitrogens with zero attached hydrogens (tertiary/aromatic N) is 1. The molecule has 0 saturated carbocycles. The van der Waals surface area contributed by atoms with E-state index in [9.17, 15) is 4.79 Å². The summed E-state index contributed by atoms with van der Waals surface area (Å²) in [6.45, 7) is 2.70. The van der Waals surface area contributed by atoms with E-state index in [0.717, 1.165) is 16.3 Å². The summed E-state index contributed by atoms with van der Waals surface area (Å²) in [5.74, 6) is 1.28. The minimum Gasteiger partial charge on any atom is -0.486 e. The number of carbonyl (C=O) groups is 1. The fourth-order valence-corrected chi connectivity index (χ4v) is 2.69. The van der Waals surface area contributed by atoms with E-state index in [1.807, 2.05) is 37.3 Å². The molecular weight excluding hydrogens is 312 g/mol. The molecule has 3 rings (SSSR count). The molecule has 0 saturated heterocycles. The summed E-state index contributed by atoms with van der Waals surface area (Å²) in [4.78, 5) is 16.3. The van der Waals surface area contributed by atoms with Gasteiger partial charge in [-0.1, -0.05) is 12.1 Å². The van der Waals surface area contributed by atoms with E-state index in [4.69, 9.17) is 9.15 Å². The summed E-state index contributed by atoms with van der Waals surface area (Å²) in [6, 6.07) is 11.4. The highest BCUT2D eigenvalue weighted by Crippen LogP contribution is 2.16. The van der Waals surface area contributed by atoms with Gasteiger partial charge in [-0.3, -0.25) is 4.79 Å². The third-order valence-corrected chi connectivity index (χ3v) is 3.96. The van der Waals surface area contributed by atoms with E-state index in [1.54, 1.807) is 17.7 Å². The molecule has 0 atom stereocenters. The maximum atomic E-state index is 12.0. The van der Waals surface area contributed by atoms with Gasteiger partial charge in [0.15, 0.2) is 0 Å². The number of carbonyl (C=O) groups excluding carboxylic acids is 1. The lowest BCUT2D eigenvalue weighted by Gasteiger charge is -2.04. The van der Waals surface area contributed by atoms with Gasteiger partial charge >= 0.3 is 0 Å². The standard InChI is InChI=1S/C17H16N2O3S/c1-12-4-2-5-13(8-12)22-10-16-19-15(11-23-16)17(20)18-9-14-6-3-7-21-14/h2-8,11H,9-10H2,1H3,(H,18,20). The molecule has 0 fully saturated rings. The average Bonchev–Trinajstić information content (AvgIpc) is 3.22. The summed E-state index contributed by atoms with van der Waals surface area (Å²) >= 11 is 1.40. The van der Waals surface area contributed by atoms with Gasteiger partial charge in [-0.15, -0.1) is 11.3 Å². The van der Waals surface area contributed by atoms with Crippen molar-refractivity contribution in [2.24, 2.45) is 0 Å². The average molecular weight is 328 g/mol. The highest BCUT2D eigenvalue weighted by atomic mass is 32.1. The third kappa shape index (κ3) is 4.20. The van der Waals surface area contributed by atoms with Crippen molar-refractivity contribution in [2.45, 2.75) is 20.1 Å². The molecule has 0 bridgehead atoms. The molecule has 0 radical (unpaired) electrons. The first-order valence-corrected chi connectivity index (χ1v) is 8.03. The van der Waals surface area contributed by atoms with Gasteiger partial charge in [0.05, 0.1) is 12.8 Å². The second-order valence-corrected chi connectivity index (χ2v) is 5.94. The summed E-state index contributed by atoms with van der Waals surface area (Å²) in [7, 11) is 0. The minimum absolute atomic E-state index is 0.223. The first kappa shape index (κ1) is 15.3. The topological polar surface area (TPSA) is 64.4 Å². The van der Waals surface area contributed by atoms with Crippen molar-refractivity contribution in [3.8, 4) is 5.75 Å². The van der Waals surface area contributed by atoms with Gasteiger partial charge in [-0.25, -0.2) is 4.98 Å². The molecule has 0 unspecified atom stereocenters. The SMILES string of the molecule is Cc1cccc(OCc2nc(C(=O)NCc3ccco3)cs2)c1. The van der Waals surface area contributed by atoms with E-state index in [0.29, 0.717) is 24.6 Å². The van der Waals surface area contributed by atoms with Gasteiger partial charge in [0.1, 0.15) is 28.8 Å². The molecule has 0 spiro atoms. The smallest absolute Gasteiger partial charge is 0.271 e. The lowest BCUT2D eigenvalue weighted by atomic mass is 10.2. The van der Waals surface area contributed by atoms with Crippen LogP contribution in [-0.4, -0.2) is 10.9 Å². The Morgan fingerprint density at radius 1 is 1.35 bits per heavy atom. The molecule has 2 aromatic heterocycles. The molecule has 5 nitrogen and oxygen atoms in total. The van der Waals surface area contributed by atoms with Crippen LogP contribution in [0.3, 0.4) is 0 Å². The molecule has 0 aliphatic carbocycles. The molecule has 1 N–H and O–H groups in total. The normalized spacial score (nSPS) is 10.5. The van der Waals surface area contributed by atoms with E-state index >= 15 is 0 Å². The number of aryl methyl sites for hydroxylation is 1. The molecule has 1 amide bonds. The van der Waals surface area contributed by atoms with Crippen LogP contribution in [0.2, 0.25) is 0 Å². The van der Waals surface area contributed by atoms with Crippen LogP contribution in [0.25, 0.3) is 0 Å². The predicted octanol–water partition coefficient (Wildman–Crippen LogP) is 3.55. The van der Waals surface area contributed by atoms with Gasteiger partial charge in [0.2, 0.25) is 0 Å². The third-order valence-electron chi connectivity index (χ3n) is 3.14. The van der Waals surface area contributed by atoms with Crippen molar-refractivity contribution in [2.75, 3.05) is 0 Å². The van der Waals surface area contributed by atoms with E-state index < -0.39 is 0 Å². The Morgan fingerprint density at radius 3 is 3.04 bits per heavy atom.